The number of rotatable bonds is 5. The van der Waals surface area contributed by atoms with E-state index in [1.807, 2.05) is 6.07 Å². The number of hydrogen-bond acceptors (Lipinski definition) is 5. The van der Waals surface area contributed by atoms with E-state index in [1.54, 1.807) is 24.0 Å². The lowest BCUT2D eigenvalue weighted by atomic mass is 10.2. The fraction of sp³-hybridized carbons (Fsp3) is 0.412. The Morgan fingerprint density at radius 1 is 1.38 bits per heavy atom. The predicted octanol–water partition coefficient (Wildman–Crippen LogP) is 0.852. The van der Waals surface area contributed by atoms with Crippen LogP contribution >= 0.6 is 0 Å². The maximum atomic E-state index is 13.0. The van der Waals surface area contributed by atoms with E-state index >= 15 is 0 Å². The van der Waals surface area contributed by atoms with E-state index in [0.29, 0.717) is 26.2 Å². The maximum absolute atomic E-state index is 13.0. The van der Waals surface area contributed by atoms with Gasteiger partial charge in [-0.2, -0.15) is 5.26 Å². The predicted molar refractivity (Wildman–Crippen MR) is 88.6 cm³/mol. The van der Waals surface area contributed by atoms with E-state index in [4.69, 9.17) is 5.26 Å². The number of hydrogen-bond donors (Lipinski definition) is 2. The van der Waals surface area contributed by atoms with E-state index in [0.717, 1.165) is 5.69 Å². The summed E-state index contributed by atoms with van der Waals surface area (Å²) in [7, 11) is 0. The van der Waals surface area contributed by atoms with Crippen molar-refractivity contribution in [2.75, 3.05) is 37.6 Å². The van der Waals surface area contributed by atoms with Gasteiger partial charge in [0, 0.05) is 44.6 Å². The lowest BCUT2D eigenvalue weighted by Crippen LogP contribution is -2.49. The number of carbonyl (C=O) groups is 1. The highest BCUT2D eigenvalue weighted by Crippen LogP contribution is 2.17. The SMILES string of the molecule is CC(O)CN/C=C(/C#N)C(=O)N1CCN(c2ccc(F)cc2)CC1. The molecule has 0 spiro atoms. The lowest BCUT2D eigenvalue weighted by Gasteiger charge is -2.36. The van der Waals surface area contributed by atoms with Crippen LogP contribution in [-0.4, -0.2) is 54.7 Å². The van der Waals surface area contributed by atoms with E-state index in [9.17, 15) is 14.3 Å². The van der Waals surface area contributed by atoms with Gasteiger partial charge >= 0.3 is 0 Å². The molecular weight excluding hydrogens is 311 g/mol. The molecule has 0 aliphatic carbocycles. The van der Waals surface area contributed by atoms with Crippen LogP contribution in [0.15, 0.2) is 36.0 Å². The number of nitrogens with one attached hydrogen (secondary N) is 1. The standard InChI is InChI=1S/C17H21FN4O2/c1-13(23)11-20-12-14(10-19)17(24)22-8-6-21(7-9-22)16-4-2-15(18)3-5-16/h2-5,12-13,20,23H,6-9,11H2,1H3/b14-12-. The summed E-state index contributed by atoms with van der Waals surface area (Å²) in [6, 6.07) is 8.15. The van der Waals surface area contributed by atoms with Gasteiger partial charge in [0.25, 0.3) is 5.91 Å². The molecule has 1 atom stereocenters. The number of carbonyl (C=O) groups excluding carboxylic acids is 1. The third kappa shape index (κ3) is 4.70. The van der Waals surface area contributed by atoms with Gasteiger partial charge in [-0.25, -0.2) is 4.39 Å². The number of piperazine rings is 1. The third-order valence-corrected chi connectivity index (χ3v) is 3.77. The van der Waals surface area contributed by atoms with Crippen molar-refractivity contribution in [3.63, 3.8) is 0 Å². The number of amides is 1. The number of halogens is 1. The lowest BCUT2D eigenvalue weighted by molar-refractivity contribution is -0.127. The first-order chi connectivity index (χ1) is 11.5. The van der Waals surface area contributed by atoms with Gasteiger partial charge in [-0.05, 0) is 31.2 Å². The van der Waals surface area contributed by atoms with Crippen molar-refractivity contribution < 1.29 is 14.3 Å². The number of anilines is 1. The molecule has 6 nitrogen and oxygen atoms in total. The van der Waals surface area contributed by atoms with Crippen LogP contribution in [0.5, 0.6) is 0 Å². The van der Waals surface area contributed by atoms with Gasteiger partial charge in [0.05, 0.1) is 6.10 Å². The second-order valence-corrected chi connectivity index (χ2v) is 5.68. The van der Waals surface area contributed by atoms with Gasteiger partial charge < -0.3 is 20.2 Å². The van der Waals surface area contributed by atoms with Crippen molar-refractivity contribution in [1.29, 1.82) is 5.26 Å². The van der Waals surface area contributed by atoms with Crippen LogP contribution in [0.3, 0.4) is 0 Å². The van der Waals surface area contributed by atoms with Crippen LogP contribution in [0.4, 0.5) is 10.1 Å². The fourth-order valence-corrected chi connectivity index (χ4v) is 2.46. The molecular formula is C17H21FN4O2. The summed E-state index contributed by atoms with van der Waals surface area (Å²) in [5.41, 5.74) is 0.934. The third-order valence-electron chi connectivity index (χ3n) is 3.77. The first kappa shape index (κ1) is 17.8. The minimum Gasteiger partial charge on any atom is -0.392 e. The summed E-state index contributed by atoms with van der Waals surface area (Å²) in [4.78, 5) is 16.1. The zero-order valence-electron chi connectivity index (χ0n) is 13.6. The number of nitrogens with zero attached hydrogens (tertiary/aromatic N) is 3. The molecule has 1 unspecified atom stereocenters. The summed E-state index contributed by atoms with van der Waals surface area (Å²) in [5.74, 6) is -0.601. The van der Waals surface area contributed by atoms with E-state index in [2.05, 4.69) is 10.2 Å². The Morgan fingerprint density at radius 3 is 2.54 bits per heavy atom. The quantitative estimate of drug-likeness (QED) is 0.617. The summed E-state index contributed by atoms with van der Waals surface area (Å²) >= 11 is 0. The minimum absolute atomic E-state index is 0.0193. The van der Waals surface area contributed by atoms with Gasteiger partial charge in [-0.3, -0.25) is 4.79 Å². The first-order valence-electron chi connectivity index (χ1n) is 7.82. The van der Waals surface area contributed by atoms with Crippen molar-refractivity contribution in [3.8, 4) is 6.07 Å². The Morgan fingerprint density at radius 2 is 2.00 bits per heavy atom. The average Bonchev–Trinajstić information content (AvgIpc) is 2.59. The largest absolute Gasteiger partial charge is 0.392 e. The van der Waals surface area contributed by atoms with Gasteiger partial charge in [0.2, 0.25) is 0 Å². The molecule has 0 bridgehead atoms. The minimum atomic E-state index is -0.560. The molecule has 7 heteroatoms. The zero-order valence-corrected chi connectivity index (χ0v) is 13.6. The van der Waals surface area contributed by atoms with Gasteiger partial charge in [0.1, 0.15) is 17.5 Å². The normalized spacial score (nSPS) is 16.5. The molecule has 1 aromatic carbocycles. The van der Waals surface area contributed by atoms with Crippen LogP contribution in [0.2, 0.25) is 0 Å². The van der Waals surface area contributed by atoms with Gasteiger partial charge in [-0.1, -0.05) is 0 Å². The van der Waals surface area contributed by atoms with Crippen molar-refractivity contribution in [2.45, 2.75) is 13.0 Å². The fourth-order valence-electron chi connectivity index (χ4n) is 2.46. The topological polar surface area (TPSA) is 79.6 Å². The molecule has 2 N–H and O–H groups in total. The number of nitriles is 1. The molecule has 0 radical (unpaired) electrons. The highest BCUT2D eigenvalue weighted by Gasteiger charge is 2.23. The summed E-state index contributed by atoms with van der Waals surface area (Å²) in [6.45, 7) is 4.12. The highest BCUT2D eigenvalue weighted by molar-refractivity contribution is 5.97. The van der Waals surface area contributed by atoms with Crippen LogP contribution in [0.25, 0.3) is 0 Å². The Bertz CT molecular complexity index is 629. The Balaban J connectivity index is 1.91. The average molecular weight is 332 g/mol. The highest BCUT2D eigenvalue weighted by atomic mass is 19.1. The monoisotopic (exact) mass is 332 g/mol. The molecule has 1 fully saturated rings. The van der Waals surface area contributed by atoms with E-state index < -0.39 is 6.10 Å². The van der Waals surface area contributed by atoms with Crippen LogP contribution in [0, 0.1) is 17.1 Å². The molecule has 1 aromatic rings. The Hall–Kier alpha value is -2.59. The molecule has 24 heavy (non-hydrogen) atoms. The van der Waals surface area contributed by atoms with E-state index in [1.165, 1.54) is 18.3 Å². The molecule has 1 amide bonds. The van der Waals surface area contributed by atoms with Crippen LogP contribution in [-0.2, 0) is 4.79 Å². The summed E-state index contributed by atoms with van der Waals surface area (Å²) in [6.07, 6.45) is 0.789. The second kappa shape index (κ2) is 8.31. The van der Waals surface area contributed by atoms with Crippen LogP contribution in [0.1, 0.15) is 6.92 Å². The Kier molecular flexibility index (Phi) is 6.15. The van der Waals surface area contributed by atoms with Crippen molar-refractivity contribution in [2.24, 2.45) is 0 Å². The van der Waals surface area contributed by atoms with Gasteiger partial charge in [-0.15, -0.1) is 0 Å². The van der Waals surface area contributed by atoms with Crippen molar-refractivity contribution in [3.05, 3.63) is 41.9 Å². The Labute approximate surface area is 140 Å². The second-order valence-electron chi connectivity index (χ2n) is 5.68. The van der Waals surface area contributed by atoms with Crippen molar-refractivity contribution >= 4 is 11.6 Å². The molecule has 128 valence electrons. The number of aliphatic hydroxyl groups excluding tert-OH is 1. The molecule has 1 saturated heterocycles. The summed E-state index contributed by atoms with van der Waals surface area (Å²) < 4.78 is 13.0. The summed E-state index contributed by atoms with van der Waals surface area (Å²) in [5, 5.41) is 21.1. The molecule has 1 heterocycles. The molecule has 2 rings (SSSR count). The van der Waals surface area contributed by atoms with E-state index in [-0.39, 0.29) is 23.8 Å². The van der Waals surface area contributed by atoms with Crippen molar-refractivity contribution in [1.82, 2.24) is 10.2 Å². The van der Waals surface area contributed by atoms with Gasteiger partial charge in [0.15, 0.2) is 0 Å². The first-order valence-corrected chi connectivity index (χ1v) is 7.82. The maximum Gasteiger partial charge on any atom is 0.266 e. The number of benzene rings is 1. The molecule has 0 aromatic heterocycles. The number of aliphatic hydroxyl groups is 1. The van der Waals surface area contributed by atoms with Crippen LogP contribution < -0.4 is 10.2 Å². The molecule has 1 aliphatic heterocycles. The zero-order chi connectivity index (χ0) is 17.5. The smallest absolute Gasteiger partial charge is 0.266 e. The molecule has 1 aliphatic rings. The molecule has 0 saturated carbocycles.